The van der Waals surface area contributed by atoms with Gasteiger partial charge in [0.1, 0.15) is 0 Å². The molecule has 84 valence electrons. The van der Waals surface area contributed by atoms with Gasteiger partial charge in [0, 0.05) is 15.6 Å². The Kier molecular flexibility index (Phi) is 3.60. The van der Waals surface area contributed by atoms with Crippen molar-refractivity contribution in [2.24, 2.45) is 0 Å². The summed E-state index contributed by atoms with van der Waals surface area (Å²) in [5, 5.41) is 0. The van der Waals surface area contributed by atoms with Gasteiger partial charge in [0.05, 0.1) is 16.4 Å². The summed E-state index contributed by atoms with van der Waals surface area (Å²) >= 11 is 2.97. The van der Waals surface area contributed by atoms with Crippen LogP contribution in [0.15, 0.2) is 21.5 Å². The van der Waals surface area contributed by atoms with Gasteiger partial charge in [0.15, 0.2) is 0 Å². The maximum Gasteiger partial charge on any atom is 0.416 e. The van der Waals surface area contributed by atoms with E-state index in [1.54, 1.807) is 0 Å². The van der Waals surface area contributed by atoms with Gasteiger partial charge in [-0.15, -0.1) is 0 Å². The molecule has 1 nitrogen and oxygen atoms in total. The average Bonchev–Trinajstić information content (AvgIpc) is 2.06. The zero-order chi connectivity index (χ0) is 11.8. The summed E-state index contributed by atoms with van der Waals surface area (Å²) in [5.74, 6) is 0. The third-order valence-corrected chi connectivity index (χ3v) is 3.44. The molecule has 0 aromatic heterocycles. The third kappa shape index (κ3) is 2.81. The Morgan fingerprint density at radius 1 is 1.33 bits per heavy atom. The fourth-order valence-electron chi connectivity index (χ4n) is 1.25. The monoisotopic (exact) mass is 300 g/mol. The minimum Gasteiger partial charge on any atom is -0.255 e. The molecular formula is C9H8BrF3OS. The van der Waals surface area contributed by atoms with Crippen molar-refractivity contribution in [3.05, 3.63) is 27.7 Å². The lowest BCUT2D eigenvalue weighted by Crippen LogP contribution is -2.09. The molecule has 0 aliphatic heterocycles. The molecule has 15 heavy (non-hydrogen) atoms. The average molecular weight is 301 g/mol. The van der Waals surface area contributed by atoms with Gasteiger partial charge >= 0.3 is 6.18 Å². The van der Waals surface area contributed by atoms with Gasteiger partial charge in [0.25, 0.3) is 0 Å². The summed E-state index contributed by atoms with van der Waals surface area (Å²) in [6.45, 7) is 1.33. The first kappa shape index (κ1) is 12.7. The van der Waals surface area contributed by atoms with Gasteiger partial charge in [-0.1, -0.05) is 15.9 Å². The third-order valence-electron chi connectivity index (χ3n) is 1.94. The van der Waals surface area contributed by atoms with E-state index in [2.05, 4.69) is 15.9 Å². The van der Waals surface area contributed by atoms with Crippen LogP contribution in [0.3, 0.4) is 0 Å². The van der Waals surface area contributed by atoms with Crippen LogP contribution in [-0.2, 0) is 17.0 Å². The van der Waals surface area contributed by atoms with Crippen LogP contribution in [0.5, 0.6) is 0 Å². The van der Waals surface area contributed by atoms with E-state index in [4.69, 9.17) is 0 Å². The highest BCUT2D eigenvalue weighted by atomic mass is 79.9. The Bertz CT molecular complexity index is 415. The number of hydrogen-bond donors (Lipinski definition) is 0. The Balaban J connectivity index is 3.49. The molecular weight excluding hydrogens is 293 g/mol. The molecule has 0 amide bonds. The number of hydrogen-bond acceptors (Lipinski definition) is 1. The molecule has 0 fully saturated rings. The van der Waals surface area contributed by atoms with E-state index in [0.717, 1.165) is 6.07 Å². The molecule has 0 radical (unpaired) electrons. The van der Waals surface area contributed by atoms with Crippen molar-refractivity contribution < 1.29 is 17.4 Å². The zero-order valence-electron chi connectivity index (χ0n) is 7.98. The lowest BCUT2D eigenvalue weighted by atomic mass is 10.1. The fraction of sp³-hybridized carbons (Fsp3) is 0.333. The molecule has 0 N–H and O–H groups in total. The van der Waals surface area contributed by atoms with Crippen LogP contribution in [0.2, 0.25) is 0 Å². The van der Waals surface area contributed by atoms with Gasteiger partial charge in [-0.2, -0.15) is 13.2 Å². The van der Waals surface area contributed by atoms with Gasteiger partial charge in [-0.25, -0.2) is 0 Å². The van der Waals surface area contributed by atoms with Gasteiger partial charge in [-0.3, -0.25) is 4.21 Å². The summed E-state index contributed by atoms with van der Waals surface area (Å²) in [6, 6.07) is 2.44. The van der Waals surface area contributed by atoms with Gasteiger partial charge < -0.3 is 0 Å². The molecule has 0 saturated heterocycles. The van der Waals surface area contributed by atoms with E-state index in [1.165, 1.54) is 19.2 Å². The first-order chi connectivity index (χ1) is 6.73. The predicted molar refractivity (Wildman–Crippen MR) is 56.2 cm³/mol. The van der Waals surface area contributed by atoms with Crippen molar-refractivity contribution in [2.45, 2.75) is 18.0 Å². The second-order valence-corrected chi connectivity index (χ2v) is 5.29. The van der Waals surface area contributed by atoms with Crippen molar-refractivity contribution in [2.75, 3.05) is 6.26 Å². The molecule has 0 heterocycles. The van der Waals surface area contributed by atoms with Crippen molar-refractivity contribution >= 4 is 26.7 Å². The van der Waals surface area contributed by atoms with Crippen LogP contribution in [0, 0.1) is 6.92 Å². The maximum atomic E-state index is 12.6. The van der Waals surface area contributed by atoms with E-state index < -0.39 is 22.5 Å². The lowest BCUT2D eigenvalue weighted by molar-refractivity contribution is -0.138. The molecule has 0 bridgehead atoms. The number of alkyl halides is 3. The number of halogens is 4. The molecule has 1 aromatic carbocycles. The molecule has 1 rings (SSSR count). The fourth-order valence-corrected chi connectivity index (χ4v) is 2.69. The standard InChI is InChI=1S/C9H8BrF3OS/c1-5-7(9(11,12)13)3-6(10)4-8(5)15(2)14/h3-4H,1-2H3. The molecule has 1 unspecified atom stereocenters. The predicted octanol–water partition coefficient (Wildman–Crippen LogP) is 3.51. The molecule has 0 saturated carbocycles. The Morgan fingerprint density at radius 3 is 2.27 bits per heavy atom. The van der Waals surface area contributed by atoms with Crippen molar-refractivity contribution in [1.82, 2.24) is 0 Å². The van der Waals surface area contributed by atoms with E-state index >= 15 is 0 Å². The number of rotatable bonds is 1. The lowest BCUT2D eigenvalue weighted by Gasteiger charge is -2.13. The van der Waals surface area contributed by atoms with Gasteiger partial charge in [0.2, 0.25) is 0 Å². The van der Waals surface area contributed by atoms with E-state index in [0.29, 0.717) is 0 Å². The normalized spacial score (nSPS) is 14.0. The summed E-state index contributed by atoms with van der Waals surface area (Å²) in [7, 11) is -1.43. The van der Waals surface area contributed by atoms with Crippen molar-refractivity contribution in [1.29, 1.82) is 0 Å². The van der Waals surface area contributed by atoms with Crippen LogP contribution in [0.25, 0.3) is 0 Å². The Hall–Kier alpha value is -0.360. The van der Waals surface area contributed by atoms with E-state index in [1.807, 2.05) is 0 Å². The second kappa shape index (κ2) is 4.25. The number of benzene rings is 1. The largest absolute Gasteiger partial charge is 0.416 e. The minimum atomic E-state index is -4.41. The van der Waals surface area contributed by atoms with E-state index in [9.17, 15) is 17.4 Å². The second-order valence-electron chi connectivity index (χ2n) is 3.03. The molecule has 1 atom stereocenters. The van der Waals surface area contributed by atoms with Crippen molar-refractivity contribution in [3.8, 4) is 0 Å². The Labute approximate surface area is 96.3 Å². The van der Waals surface area contributed by atoms with Crippen LogP contribution >= 0.6 is 15.9 Å². The first-order valence-electron chi connectivity index (χ1n) is 3.94. The Morgan fingerprint density at radius 2 is 1.87 bits per heavy atom. The SMILES string of the molecule is Cc1c(S(C)=O)cc(Br)cc1C(F)(F)F. The smallest absolute Gasteiger partial charge is 0.255 e. The quantitative estimate of drug-likeness (QED) is 0.776. The summed E-state index contributed by atoms with van der Waals surface area (Å²) in [6.07, 6.45) is -3.06. The van der Waals surface area contributed by atoms with Crippen LogP contribution in [0.1, 0.15) is 11.1 Å². The first-order valence-corrected chi connectivity index (χ1v) is 6.29. The zero-order valence-corrected chi connectivity index (χ0v) is 10.4. The molecule has 6 heteroatoms. The molecule has 0 aliphatic rings. The van der Waals surface area contributed by atoms with E-state index in [-0.39, 0.29) is 14.9 Å². The summed E-state index contributed by atoms with van der Waals surface area (Å²) in [4.78, 5) is 0.205. The van der Waals surface area contributed by atoms with Crippen LogP contribution in [-0.4, -0.2) is 10.5 Å². The minimum absolute atomic E-state index is 0.0199. The molecule has 0 spiro atoms. The van der Waals surface area contributed by atoms with Gasteiger partial charge in [-0.05, 0) is 24.6 Å². The maximum absolute atomic E-state index is 12.6. The highest BCUT2D eigenvalue weighted by molar-refractivity contribution is 9.10. The van der Waals surface area contributed by atoms with Crippen LogP contribution < -0.4 is 0 Å². The van der Waals surface area contributed by atoms with Crippen molar-refractivity contribution in [3.63, 3.8) is 0 Å². The summed E-state index contributed by atoms with van der Waals surface area (Å²) < 4.78 is 49.2. The highest BCUT2D eigenvalue weighted by Crippen LogP contribution is 2.35. The summed E-state index contributed by atoms with van der Waals surface area (Å²) in [5.41, 5.74) is -0.728. The highest BCUT2D eigenvalue weighted by Gasteiger charge is 2.33. The molecule has 1 aromatic rings. The van der Waals surface area contributed by atoms with Crippen LogP contribution in [0.4, 0.5) is 13.2 Å². The molecule has 0 aliphatic carbocycles. The topological polar surface area (TPSA) is 17.1 Å².